The molecule has 0 unspecified atom stereocenters. The predicted molar refractivity (Wildman–Crippen MR) is 109 cm³/mol. The van der Waals surface area contributed by atoms with Crippen LogP contribution in [0.4, 0.5) is 13.6 Å². The maximum absolute atomic E-state index is 13.7. The van der Waals surface area contributed by atoms with Gasteiger partial charge in [-0.2, -0.15) is 10.4 Å². The topological polar surface area (TPSA) is 118 Å². The van der Waals surface area contributed by atoms with E-state index in [1.54, 1.807) is 43.7 Å². The molecular formula is C21H28F2N6O2. The van der Waals surface area contributed by atoms with Crippen molar-refractivity contribution in [1.29, 1.82) is 5.26 Å². The molecule has 0 saturated heterocycles. The fourth-order valence-corrected chi connectivity index (χ4v) is 3.74. The van der Waals surface area contributed by atoms with Gasteiger partial charge in [-0.25, -0.2) is 23.1 Å². The predicted octanol–water partition coefficient (Wildman–Crippen LogP) is 4.03. The summed E-state index contributed by atoms with van der Waals surface area (Å²) in [5.41, 5.74) is 6.97. The second-order valence-electron chi connectivity index (χ2n) is 9.04. The summed E-state index contributed by atoms with van der Waals surface area (Å²) in [6.07, 6.45) is 2.80. The van der Waals surface area contributed by atoms with Crippen LogP contribution in [0.2, 0.25) is 0 Å². The van der Waals surface area contributed by atoms with Gasteiger partial charge >= 0.3 is 6.09 Å². The van der Waals surface area contributed by atoms with Crippen molar-refractivity contribution in [3.8, 4) is 6.07 Å². The number of aromatic nitrogens is 3. The molecular weight excluding hydrogens is 406 g/mol. The van der Waals surface area contributed by atoms with E-state index in [2.05, 4.69) is 15.4 Å². The van der Waals surface area contributed by atoms with E-state index in [4.69, 9.17) is 15.7 Å². The van der Waals surface area contributed by atoms with Crippen LogP contribution in [-0.2, 0) is 4.74 Å². The Labute approximate surface area is 179 Å². The van der Waals surface area contributed by atoms with Crippen molar-refractivity contribution in [1.82, 2.24) is 19.9 Å². The fraction of sp³-hybridized carbons (Fsp3) is 0.619. The van der Waals surface area contributed by atoms with Gasteiger partial charge in [-0.1, -0.05) is 0 Å². The summed E-state index contributed by atoms with van der Waals surface area (Å²) in [5.74, 6) is -2.89. The maximum Gasteiger partial charge on any atom is 0.408 e. The smallest absolute Gasteiger partial charge is 0.408 e. The van der Waals surface area contributed by atoms with E-state index < -0.39 is 29.7 Å². The summed E-state index contributed by atoms with van der Waals surface area (Å²) >= 11 is 0. The van der Waals surface area contributed by atoms with E-state index in [0.29, 0.717) is 16.9 Å². The number of imidazole rings is 1. The van der Waals surface area contributed by atoms with Crippen molar-refractivity contribution in [3.05, 3.63) is 29.7 Å². The van der Waals surface area contributed by atoms with Crippen molar-refractivity contribution >= 4 is 11.7 Å². The minimum Gasteiger partial charge on any atom is -0.444 e. The highest BCUT2D eigenvalue weighted by molar-refractivity contribution is 5.68. The van der Waals surface area contributed by atoms with Gasteiger partial charge in [0.15, 0.2) is 5.65 Å². The third kappa shape index (κ3) is 5.88. The van der Waals surface area contributed by atoms with E-state index >= 15 is 0 Å². The van der Waals surface area contributed by atoms with Crippen LogP contribution in [0.3, 0.4) is 0 Å². The molecule has 0 radical (unpaired) electrons. The lowest BCUT2D eigenvalue weighted by molar-refractivity contribution is -0.0500. The number of hydrogen-bond acceptors (Lipinski definition) is 6. The average Bonchev–Trinajstić information content (AvgIpc) is 3.08. The fourth-order valence-electron chi connectivity index (χ4n) is 3.74. The quantitative estimate of drug-likeness (QED) is 0.733. The number of carbonyl (C=O) groups excluding carboxylic acids is 1. The van der Waals surface area contributed by atoms with Gasteiger partial charge in [-0.3, -0.25) is 0 Å². The summed E-state index contributed by atoms with van der Waals surface area (Å²) in [7, 11) is 0. The zero-order valence-corrected chi connectivity index (χ0v) is 17.9. The molecule has 10 heteroatoms. The number of nitrogens with zero attached hydrogens (tertiary/aromatic N) is 4. The molecule has 3 rings (SSSR count). The van der Waals surface area contributed by atoms with Gasteiger partial charge in [-0.05, 0) is 51.2 Å². The Balaban J connectivity index is 1.89. The summed E-state index contributed by atoms with van der Waals surface area (Å²) < 4.78 is 34.3. The van der Waals surface area contributed by atoms with Gasteiger partial charge in [0.2, 0.25) is 5.92 Å². The average molecular weight is 434 g/mol. The number of nitriles is 1. The van der Waals surface area contributed by atoms with E-state index in [9.17, 15) is 13.6 Å². The molecule has 2 aromatic heterocycles. The van der Waals surface area contributed by atoms with Gasteiger partial charge < -0.3 is 15.8 Å². The molecule has 2 heterocycles. The van der Waals surface area contributed by atoms with E-state index in [-0.39, 0.29) is 38.0 Å². The summed E-state index contributed by atoms with van der Waals surface area (Å²) in [4.78, 5) is 17.0. The zero-order chi connectivity index (χ0) is 22.8. The normalized spacial score (nSPS) is 18.9. The molecule has 1 amide bonds. The van der Waals surface area contributed by atoms with Gasteiger partial charge in [0.1, 0.15) is 5.60 Å². The molecule has 168 valence electrons. The number of rotatable bonds is 5. The second kappa shape index (κ2) is 8.75. The molecule has 0 aromatic carbocycles. The van der Waals surface area contributed by atoms with Crippen molar-refractivity contribution in [3.63, 3.8) is 0 Å². The number of halogens is 2. The molecule has 1 saturated carbocycles. The Morgan fingerprint density at radius 1 is 1.45 bits per heavy atom. The number of hydrogen-bond donors (Lipinski definition) is 2. The van der Waals surface area contributed by atoms with Crippen molar-refractivity contribution in [2.75, 3.05) is 0 Å². The van der Waals surface area contributed by atoms with E-state index in [1.165, 1.54) is 0 Å². The Kier molecular flexibility index (Phi) is 6.46. The van der Waals surface area contributed by atoms with Crippen LogP contribution >= 0.6 is 0 Å². The molecule has 0 spiro atoms. The highest BCUT2D eigenvalue weighted by Gasteiger charge is 2.39. The van der Waals surface area contributed by atoms with Crippen molar-refractivity contribution in [2.45, 2.75) is 76.5 Å². The number of alkyl halides is 2. The molecule has 0 bridgehead atoms. The highest BCUT2D eigenvalue weighted by Crippen LogP contribution is 2.41. The lowest BCUT2D eigenvalue weighted by Gasteiger charge is -2.33. The standard InChI is InChI=1S/C21H28F2N6O2/c1-20(2,3)31-19(30)28-18(13-4-7-21(22,23)8-5-13)16-12-29-17(27-16)10-14(11-26-29)15(25)6-9-24/h10-13,15,18H,4-8,25H2,1-3H3,(H,28,30)/t15-,18+/m1/s1. The number of fused-ring (bicyclic) bond motifs is 1. The molecule has 8 nitrogen and oxygen atoms in total. The summed E-state index contributed by atoms with van der Waals surface area (Å²) in [5, 5.41) is 16.0. The number of alkyl carbamates (subject to hydrolysis) is 1. The van der Waals surface area contributed by atoms with Gasteiger partial charge in [0, 0.05) is 18.9 Å². The van der Waals surface area contributed by atoms with Crippen LogP contribution in [0.1, 0.15) is 76.2 Å². The van der Waals surface area contributed by atoms with Crippen LogP contribution in [0.15, 0.2) is 18.5 Å². The third-order valence-corrected chi connectivity index (χ3v) is 5.32. The van der Waals surface area contributed by atoms with E-state index in [0.717, 1.165) is 0 Å². The van der Waals surface area contributed by atoms with Crippen LogP contribution in [-0.4, -0.2) is 32.2 Å². The lowest BCUT2D eigenvalue weighted by Crippen LogP contribution is -2.40. The van der Waals surface area contributed by atoms with Crippen molar-refractivity contribution in [2.24, 2.45) is 11.7 Å². The molecule has 1 aliphatic carbocycles. The number of nitrogens with two attached hydrogens (primary N) is 1. The minimum atomic E-state index is -2.68. The third-order valence-electron chi connectivity index (χ3n) is 5.32. The highest BCUT2D eigenvalue weighted by atomic mass is 19.3. The second-order valence-corrected chi connectivity index (χ2v) is 9.04. The van der Waals surface area contributed by atoms with Crippen LogP contribution < -0.4 is 11.1 Å². The Morgan fingerprint density at radius 3 is 2.74 bits per heavy atom. The van der Waals surface area contributed by atoms with Crippen LogP contribution in [0.5, 0.6) is 0 Å². The lowest BCUT2D eigenvalue weighted by atomic mass is 9.81. The molecule has 2 aromatic rings. The molecule has 1 fully saturated rings. The SMILES string of the molecule is CC(C)(C)OC(=O)N[C@H](c1cn2ncc([C@H](N)CC#N)cc2n1)C1CCC(F)(F)CC1. The molecule has 1 aliphatic rings. The molecule has 0 aliphatic heterocycles. The molecule has 2 atom stereocenters. The van der Waals surface area contributed by atoms with E-state index in [1.807, 2.05) is 6.07 Å². The first kappa shape index (κ1) is 22.9. The summed E-state index contributed by atoms with van der Waals surface area (Å²) in [6.45, 7) is 5.26. The van der Waals surface area contributed by atoms with Gasteiger partial charge in [-0.15, -0.1) is 0 Å². The largest absolute Gasteiger partial charge is 0.444 e. The number of ether oxygens (including phenoxy) is 1. The number of nitrogens with one attached hydrogen (secondary N) is 1. The first-order valence-corrected chi connectivity index (χ1v) is 10.3. The van der Waals surface area contributed by atoms with Gasteiger partial charge in [0.05, 0.1) is 36.6 Å². The van der Waals surface area contributed by atoms with Crippen LogP contribution in [0.25, 0.3) is 5.65 Å². The van der Waals surface area contributed by atoms with Gasteiger partial charge in [0.25, 0.3) is 0 Å². The first-order chi connectivity index (χ1) is 14.5. The Hall–Kier alpha value is -2.80. The molecule has 3 N–H and O–H groups in total. The zero-order valence-electron chi connectivity index (χ0n) is 17.9. The summed E-state index contributed by atoms with van der Waals surface area (Å²) in [6, 6.07) is 2.68. The maximum atomic E-state index is 13.7. The minimum absolute atomic E-state index is 0.143. The van der Waals surface area contributed by atoms with Crippen LogP contribution in [0, 0.1) is 17.2 Å². The molecule has 31 heavy (non-hydrogen) atoms. The van der Waals surface area contributed by atoms with Crippen molar-refractivity contribution < 1.29 is 18.3 Å². The Morgan fingerprint density at radius 2 is 2.13 bits per heavy atom. The Bertz CT molecular complexity index is 968. The number of amides is 1. The monoisotopic (exact) mass is 434 g/mol. The number of carbonyl (C=O) groups is 1. The first-order valence-electron chi connectivity index (χ1n) is 10.3.